The monoisotopic (exact) mass is 439 g/mol. The second-order valence-corrected chi connectivity index (χ2v) is 7.79. The van der Waals surface area contributed by atoms with Gasteiger partial charge in [0.05, 0.1) is 5.02 Å². The Morgan fingerprint density at radius 1 is 1.07 bits per heavy atom. The standard InChI is InChI=1S/C22H19Cl2N5O/c1-13-17(10-11-20(30)26-16-6-4-3-5-7-16)14(2)29-22(25-13)27-21(28-29)18-9-8-15(23)12-19(18)24/h3-9,12H,10-11H2,1-2H3,(H,26,30). The van der Waals surface area contributed by atoms with Crippen molar-refractivity contribution in [2.75, 3.05) is 5.32 Å². The van der Waals surface area contributed by atoms with Crippen molar-refractivity contribution in [3.05, 3.63) is 75.5 Å². The van der Waals surface area contributed by atoms with Crippen molar-refractivity contribution >= 4 is 40.6 Å². The molecule has 0 aliphatic heterocycles. The van der Waals surface area contributed by atoms with E-state index in [0.29, 0.717) is 40.1 Å². The number of para-hydroxylation sites is 1. The number of carbonyl (C=O) groups is 1. The normalized spacial score (nSPS) is 11.1. The molecule has 0 aliphatic rings. The van der Waals surface area contributed by atoms with Crippen LogP contribution in [0.3, 0.4) is 0 Å². The Bertz CT molecular complexity index is 1240. The van der Waals surface area contributed by atoms with Gasteiger partial charge in [-0.25, -0.2) is 9.50 Å². The van der Waals surface area contributed by atoms with E-state index in [1.54, 1.807) is 22.7 Å². The summed E-state index contributed by atoms with van der Waals surface area (Å²) in [4.78, 5) is 21.4. The molecule has 1 amide bonds. The number of fused-ring (bicyclic) bond motifs is 1. The molecule has 4 aromatic rings. The van der Waals surface area contributed by atoms with E-state index in [4.69, 9.17) is 23.2 Å². The number of halogens is 2. The van der Waals surface area contributed by atoms with Gasteiger partial charge >= 0.3 is 0 Å². The van der Waals surface area contributed by atoms with Crippen molar-refractivity contribution < 1.29 is 4.79 Å². The molecule has 2 aromatic carbocycles. The van der Waals surface area contributed by atoms with E-state index in [2.05, 4.69) is 20.4 Å². The molecule has 6 nitrogen and oxygen atoms in total. The van der Waals surface area contributed by atoms with Gasteiger partial charge in [0.1, 0.15) is 0 Å². The Kier molecular flexibility index (Phi) is 5.70. The quantitative estimate of drug-likeness (QED) is 0.458. The molecule has 0 bridgehead atoms. The molecule has 0 atom stereocenters. The van der Waals surface area contributed by atoms with E-state index < -0.39 is 0 Å². The van der Waals surface area contributed by atoms with Crippen LogP contribution in [0.5, 0.6) is 0 Å². The van der Waals surface area contributed by atoms with Crippen molar-refractivity contribution in [3.63, 3.8) is 0 Å². The second-order valence-electron chi connectivity index (χ2n) is 6.95. The fourth-order valence-electron chi connectivity index (χ4n) is 3.34. The Labute approximate surface area is 183 Å². The molecule has 2 aromatic heterocycles. The van der Waals surface area contributed by atoms with Gasteiger partial charge in [-0.2, -0.15) is 4.98 Å². The molecule has 0 fully saturated rings. The number of aryl methyl sites for hydroxylation is 2. The van der Waals surface area contributed by atoms with Gasteiger partial charge in [-0.3, -0.25) is 4.79 Å². The van der Waals surface area contributed by atoms with Crippen LogP contribution in [0.25, 0.3) is 17.2 Å². The molecule has 0 aliphatic carbocycles. The summed E-state index contributed by atoms with van der Waals surface area (Å²) >= 11 is 12.3. The van der Waals surface area contributed by atoms with Crippen molar-refractivity contribution in [1.29, 1.82) is 0 Å². The van der Waals surface area contributed by atoms with Crippen LogP contribution in [0.2, 0.25) is 10.0 Å². The van der Waals surface area contributed by atoms with Gasteiger partial charge < -0.3 is 5.32 Å². The lowest BCUT2D eigenvalue weighted by atomic mass is 10.1. The SMILES string of the molecule is Cc1nc2nc(-c3ccc(Cl)cc3Cl)nn2c(C)c1CCC(=O)Nc1ccccc1. The fraction of sp³-hybridized carbons (Fsp3) is 0.182. The summed E-state index contributed by atoms with van der Waals surface area (Å²) in [6.45, 7) is 3.87. The van der Waals surface area contributed by atoms with Crippen LogP contribution in [0.1, 0.15) is 23.4 Å². The van der Waals surface area contributed by atoms with Crippen molar-refractivity contribution in [2.45, 2.75) is 26.7 Å². The predicted octanol–water partition coefficient (Wildman–Crippen LogP) is 5.29. The summed E-state index contributed by atoms with van der Waals surface area (Å²) in [7, 11) is 0. The van der Waals surface area contributed by atoms with Gasteiger partial charge in [-0.1, -0.05) is 41.4 Å². The Morgan fingerprint density at radius 3 is 2.57 bits per heavy atom. The molecule has 0 saturated carbocycles. The minimum atomic E-state index is -0.0488. The first-order valence-corrected chi connectivity index (χ1v) is 10.2. The average molecular weight is 440 g/mol. The Morgan fingerprint density at radius 2 is 1.83 bits per heavy atom. The number of anilines is 1. The van der Waals surface area contributed by atoms with Crippen molar-refractivity contribution in [2.24, 2.45) is 0 Å². The molecular weight excluding hydrogens is 421 g/mol. The summed E-state index contributed by atoms with van der Waals surface area (Å²) in [5.41, 5.74) is 4.17. The zero-order valence-corrected chi connectivity index (χ0v) is 18.0. The van der Waals surface area contributed by atoms with Crippen LogP contribution < -0.4 is 5.32 Å². The van der Waals surface area contributed by atoms with Crippen LogP contribution in [-0.2, 0) is 11.2 Å². The fourth-order valence-corrected chi connectivity index (χ4v) is 3.83. The third-order valence-electron chi connectivity index (χ3n) is 4.88. The molecule has 1 N–H and O–H groups in total. The van der Waals surface area contributed by atoms with Gasteiger partial charge in [0, 0.05) is 34.1 Å². The van der Waals surface area contributed by atoms with Gasteiger partial charge in [0.2, 0.25) is 5.91 Å². The van der Waals surface area contributed by atoms with E-state index in [1.165, 1.54) is 0 Å². The summed E-state index contributed by atoms with van der Waals surface area (Å²) in [6.07, 6.45) is 0.893. The number of nitrogens with one attached hydrogen (secondary N) is 1. The predicted molar refractivity (Wildman–Crippen MR) is 119 cm³/mol. The van der Waals surface area contributed by atoms with E-state index in [9.17, 15) is 4.79 Å². The molecule has 4 rings (SSSR count). The minimum Gasteiger partial charge on any atom is -0.326 e. The number of benzene rings is 2. The summed E-state index contributed by atoms with van der Waals surface area (Å²) in [5, 5.41) is 8.52. The molecule has 30 heavy (non-hydrogen) atoms. The highest BCUT2D eigenvalue weighted by molar-refractivity contribution is 6.36. The topological polar surface area (TPSA) is 72.2 Å². The van der Waals surface area contributed by atoms with Gasteiger partial charge in [-0.05, 0) is 56.2 Å². The highest BCUT2D eigenvalue weighted by Gasteiger charge is 2.17. The molecule has 0 unspecified atom stereocenters. The van der Waals surface area contributed by atoms with Crippen molar-refractivity contribution in [1.82, 2.24) is 19.6 Å². The van der Waals surface area contributed by atoms with Crippen LogP contribution in [0.15, 0.2) is 48.5 Å². The lowest BCUT2D eigenvalue weighted by Crippen LogP contribution is -2.14. The average Bonchev–Trinajstić information content (AvgIpc) is 3.12. The highest BCUT2D eigenvalue weighted by atomic mass is 35.5. The third-order valence-corrected chi connectivity index (χ3v) is 5.43. The number of amides is 1. The van der Waals surface area contributed by atoms with E-state index >= 15 is 0 Å². The first-order chi connectivity index (χ1) is 14.4. The number of rotatable bonds is 5. The number of nitrogens with zero attached hydrogens (tertiary/aromatic N) is 4. The first kappa shape index (κ1) is 20.3. The maximum Gasteiger partial charge on any atom is 0.253 e. The maximum absolute atomic E-state index is 12.3. The molecular formula is C22H19Cl2N5O. The molecule has 152 valence electrons. The molecule has 0 saturated heterocycles. The van der Waals surface area contributed by atoms with Gasteiger partial charge in [0.15, 0.2) is 5.82 Å². The molecule has 8 heteroatoms. The lowest BCUT2D eigenvalue weighted by molar-refractivity contribution is -0.116. The lowest BCUT2D eigenvalue weighted by Gasteiger charge is -2.10. The van der Waals surface area contributed by atoms with Crippen LogP contribution in [-0.4, -0.2) is 25.5 Å². The smallest absolute Gasteiger partial charge is 0.253 e. The molecule has 2 heterocycles. The van der Waals surface area contributed by atoms with E-state index in [-0.39, 0.29) is 5.91 Å². The zero-order chi connectivity index (χ0) is 21.3. The third kappa shape index (κ3) is 4.15. The zero-order valence-electron chi connectivity index (χ0n) is 16.5. The largest absolute Gasteiger partial charge is 0.326 e. The van der Waals surface area contributed by atoms with Crippen LogP contribution in [0.4, 0.5) is 5.69 Å². The summed E-state index contributed by atoms with van der Waals surface area (Å²) in [6, 6.07) is 14.6. The van der Waals surface area contributed by atoms with Crippen LogP contribution >= 0.6 is 23.2 Å². The Balaban J connectivity index is 1.59. The number of carbonyl (C=O) groups excluding carboxylic acids is 1. The van der Waals surface area contributed by atoms with Gasteiger partial charge in [0.25, 0.3) is 5.78 Å². The second kappa shape index (κ2) is 8.42. The van der Waals surface area contributed by atoms with Crippen molar-refractivity contribution in [3.8, 4) is 11.4 Å². The number of hydrogen-bond acceptors (Lipinski definition) is 4. The molecule has 0 radical (unpaired) electrons. The molecule has 0 spiro atoms. The van der Waals surface area contributed by atoms with E-state index in [1.807, 2.05) is 44.2 Å². The van der Waals surface area contributed by atoms with Crippen LogP contribution in [0, 0.1) is 13.8 Å². The summed E-state index contributed by atoms with van der Waals surface area (Å²) in [5.74, 6) is 0.918. The van der Waals surface area contributed by atoms with E-state index in [0.717, 1.165) is 22.6 Å². The number of aromatic nitrogens is 4. The maximum atomic E-state index is 12.3. The Hall–Kier alpha value is -2.96. The highest BCUT2D eigenvalue weighted by Crippen LogP contribution is 2.29. The van der Waals surface area contributed by atoms with Gasteiger partial charge in [-0.15, -0.1) is 5.10 Å². The first-order valence-electron chi connectivity index (χ1n) is 9.45. The summed E-state index contributed by atoms with van der Waals surface area (Å²) < 4.78 is 1.69. The number of hydrogen-bond donors (Lipinski definition) is 1. The minimum absolute atomic E-state index is 0.0488.